The van der Waals surface area contributed by atoms with Gasteiger partial charge in [0.1, 0.15) is 0 Å². The van der Waals surface area contributed by atoms with Crippen LogP contribution in [0.3, 0.4) is 0 Å². The topological polar surface area (TPSA) is 9.86 Å². The van der Waals surface area contributed by atoms with Crippen molar-refractivity contribution in [3.63, 3.8) is 0 Å². The zero-order chi connectivity index (χ0) is 35.3. The second-order valence-electron chi connectivity index (χ2n) is 14.5. The summed E-state index contributed by atoms with van der Waals surface area (Å²) in [6.45, 7) is 0. The van der Waals surface area contributed by atoms with Crippen molar-refractivity contribution >= 4 is 86.7 Å². The van der Waals surface area contributed by atoms with Crippen LogP contribution in [0.2, 0.25) is 0 Å². The molecule has 0 fully saturated rings. The number of hydrogen-bond donors (Lipinski definition) is 0. The molecule has 2 nitrogen and oxygen atoms in total. The monoisotopic (exact) mass is 684 g/mol. The average Bonchev–Trinajstić information content (AvgIpc) is 3.76. The highest BCUT2D eigenvalue weighted by molar-refractivity contribution is 6.30. The minimum Gasteiger partial charge on any atom is -0.309 e. The maximum atomic E-state index is 2.48. The van der Waals surface area contributed by atoms with E-state index in [1.165, 1.54) is 109 Å². The van der Waals surface area contributed by atoms with Gasteiger partial charge in [-0.05, 0) is 103 Å². The number of para-hydroxylation sites is 2. The summed E-state index contributed by atoms with van der Waals surface area (Å²) in [5.74, 6) is 0. The summed E-state index contributed by atoms with van der Waals surface area (Å²) in [4.78, 5) is 0. The second-order valence-corrected chi connectivity index (χ2v) is 14.5. The average molecular weight is 685 g/mol. The molecule has 12 rings (SSSR count). The first-order valence-electron chi connectivity index (χ1n) is 18.7. The smallest absolute Gasteiger partial charge is 0.0548 e. The van der Waals surface area contributed by atoms with Gasteiger partial charge in [0.05, 0.1) is 27.8 Å². The molecule has 0 aliphatic carbocycles. The fourth-order valence-corrected chi connectivity index (χ4v) is 9.28. The number of nitrogens with zero attached hydrogens (tertiary/aromatic N) is 2. The molecule has 10 aromatic carbocycles. The van der Waals surface area contributed by atoms with Crippen LogP contribution in [0.25, 0.3) is 109 Å². The van der Waals surface area contributed by atoms with Crippen LogP contribution in [0.4, 0.5) is 0 Å². The first-order chi connectivity index (χ1) is 26.8. The Hall–Kier alpha value is -7.16. The van der Waals surface area contributed by atoms with Crippen molar-refractivity contribution in [2.45, 2.75) is 0 Å². The molecule has 0 saturated carbocycles. The van der Waals surface area contributed by atoms with Crippen LogP contribution in [0, 0.1) is 0 Å². The largest absolute Gasteiger partial charge is 0.309 e. The highest BCUT2D eigenvalue weighted by atomic mass is 15.0. The van der Waals surface area contributed by atoms with Gasteiger partial charge in [-0.25, -0.2) is 0 Å². The standard InChI is InChI=1S/C52H32N2/c1-3-15-40-33(11-1)13-10-22-46(40)54-49-29-25-34-12-2-4-16-41(34)51(49)52-45-32-36-14-9-19-39(44(36)31-37(45)26-30-50(52)54)35-23-27-38(28-24-35)53-47-20-7-5-17-42(47)43-18-6-8-21-48(43)53/h1-32H. The molecule has 250 valence electrons. The Morgan fingerprint density at radius 1 is 0.278 bits per heavy atom. The maximum Gasteiger partial charge on any atom is 0.0548 e. The van der Waals surface area contributed by atoms with Crippen molar-refractivity contribution in [1.82, 2.24) is 9.13 Å². The molecule has 0 spiro atoms. The van der Waals surface area contributed by atoms with Crippen molar-refractivity contribution in [1.29, 1.82) is 0 Å². The first-order valence-corrected chi connectivity index (χ1v) is 18.7. The highest BCUT2D eigenvalue weighted by Gasteiger charge is 2.19. The molecule has 0 amide bonds. The van der Waals surface area contributed by atoms with E-state index in [0.717, 1.165) is 0 Å². The molecule has 0 atom stereocenters. The Bertz CT molecular complexity index is 3430. The Balaban J connectivity index is 1.08. The summed E-state index contributed by atoms with van der Waals surface area (Å²) in [6.07, 6.45) is 0. The molecular weight excluding hydrogens is 653 g/mol. The summed E-state index contributed by atoms with van der Waals surface area (Å²) < 4.78 is 4.87. The van der Waals surface area contributed by atoms with Gasteiger partial charge in [0.25, 0.3) is 0 Å². The van der Waals surface area contributed by atoms with E-state index in [9.17, 15) is 0 Å². The Morgan fingerprint density at radius 3 is 1.54 bits per heavy atom. The van der Waals surface area contributed by atoms with Crippen molar-refractivity contribution in [2.75, 3.05) is 0 Å². The number of fused-ring (bicyclic) bond motifs is 12. The molecule has 54 heavy (non-hydrogen) atoms. The quantitative estimate of drug-likeness (QED) is 0.164. The second kappa shape index (κ2) is 11.2. The highest BCUT2D eigenvalue weighted by Crippen LogP contribution is 2.43. The normalized spacial score (nSPS) is 12.1. The van der Waals surface area contributed by atoms with Gasteiger partial charge in [0, 0.05) is 32.6 Å². The lowest BCUT2D eigenvalue weighted by molar-refractivity contribution is 1.18. The van der Waals surface area contributed by atoms with Crippen LogP contribution in [0.5, 0.6) is 0 Å². The molecule has 0 radical (unpaired) electrons. The van der Waals surface area contributed by atoms with Crippen molar-refractivity contribution in [3.8, 4) is 22.5 Å². The van der Waals surface area contributed by atoms with E-state index in [1.807, 2.05) is 0 Å². The van der Waals surface area contributed by atoms with Crippen LogP contribution in [0.15, 0.2) is 194 Å². The van der Waals surface area contributed by atoms with Crippen molar-refractivity contribution in [2.24, 2.45) is 0 Å². The van der Waals surface area contributed by atoms with Crippen molar-refractivity contribution in [3.05, 3.63) is 194 Å². The van der Waals surface area contributed by atoms with E-state index in [1.54, 1.807) is 0 Å². The predicted octanol–water partition coefficient (Wildman–Crippen LogP) is 14.2. The Kier molecular flexibility index (Phi) is 6.09. The fourth-order valence-electron chi connectivity index (χ4n) is 9.28. The lowest BCUT2D eigenvalue weighted by Gasteiger charge is -2.13. The lowest BCUT2D eigenvalue weighted by Crippen LogP contribution is -1.95. The van der Waals surface area contributed by atoms with Crippen LogP contribution < -0.4 is 0 Å². The van der Waals surface area contributed by atoms with Crippen LogP contribution in [-0.2, 0) is 0 Å². The zero-order valence-corrected chi connectivity index (χ0v) is 29.4. The summed E-state index contributed by atoms with van der Waals surface area (Å²) in [5, 5.41) is 15.2. The van der Waals surface area contributed by atoms with Gasteiger partial charge in [0.2, 0.25) is 0 Å². The SMILES string of the molecule is c1cc(-c2ccc(-n3c4ccccc4c4ccccc43)cc2)c2cc3ccc4c(c3cc2c1)c1c2ccccc2ccc1n4-c1cccc2ccccc12. The van der Waals surface area contributed by atoms with Crippen LogP contribution in [-0.4, -0.2) is 9.13 Å². The molecule has 0 saturated heterocycles. The lowest BCUT2D eigenvalue weighted by atomic mass is 9.93. The first kappa shape index (κ1) is 29.4. The van der Waals surface area contributed by atoms with Gasteiger partial charge >= 0.3 is 0 Å². The number of benzene rings is 10. The molecule has 2 heterocycles. The third-order valence-electron chi connectivity index (χ3n) is 11.7. The maximum absolute atomic E-state index is 2.48. The van der Waals surface area contributed by atoms with Gasteiger partial charge in [-0.3, -0.25) is 0 Å². The van der Waals surface area contributed by atoms with E-state index >= 15 is 0 Å². The van der Waals surface area contributed by atoms with E-state index in [-0.39, 0.29) is 0 Å². The third kappa shape index (κ3) is 4.11. The molecule has 0 aliphatic heterocycles. The summed E-state index contributed by atoms with van der Waals surface area (Å²) in [5.41, 5.74) is 9.73. The van der Waals surface area contributed by atoms with Gasteiger partial charge in [-0.2, -0.15) is 0 Å². The molecule has 0 aliphatic rings. The Labute approximate surface area is 311 Å². The number of rotatable bonds is 3. The van der Waals surface area contributed by atoms with E-state index in [0.29, 0.717) is 0 Å². The molecule has 2 aromatic heterocycles. The predicted molar refractivity (Wildman–Crippen MR) is 231 cm³/mol. The van der Waals surface area contributed by atoms with E-state index < -0.39 is 0 Å². The molecule has 0 unspecified atom stereocenters. The number of aromatic nitrogens is 2. The number of hydrogen-bond acceptors (Lipinski definition) is 0. The van der Waals surface area contributed by atoms with Crippen LogP contribution >= 0.6 is 0 Å². The summed E-state index contributed by atoms with van der Waals surface area (Å²) in [7, 11) is 0. The molecular formula is C52H32N2. The zero-order valence-electron chi connectivity index (χ0n) is 29.4. The molecule has 2 heteroatoms. The van der Waals surface area contributed by atoms with Gasteiger partial charge in [0.15, 0.2) is 0 Å². The van der Waals surface area contributed by atoms with E-state index in [4.69, 9.17) is 0 Å². The van der Waals surface area contributed by atoms with E-state index in [2.05, 4.69) is 203 Å². The van der Waals surface area contributed by atoms with Gasteiger partial charge in [-0.1, -0.05) is 140 Å². The van der Waals surface area contributed by atoms with Crippen LogP contribution in [0.1, 0.15) is 0 Å². The Morgan fingerprint density at radius 2 is 0.796 bits per heavy atom. The molecule has 0 bridgehead atoms. The molecule has 12 aromatic rings. The minimum atomic E-state index is 1.17. The van der Waals surface area contributed by atoms with Crippen molar-refractivity contribution < 1.29 is 0 Å². The summed E-state index contributed by atoms with van der Waals surface area (Å²) >= 11 is 0. The minimum absolute atomic E-state index is 1.17. The fraction of sp³-hybridized carbons (Fsp3) is 0. The molecule has 0 N–H and O–H groups in total. The third-order valence-corrected chi connectivity index (χ3v) is 11.7. The summed E-state index contributed by atoms with van der Waals surface area (Å²) in [6, 6.07) is 71.5. The van der Waals surface area contributed by atoms with Gasteiger partial charge < -0.3 is 9.13 Å². The van der Waals surface area contributed by atoms with Gasteiger partial charge in [-0.15, -0.1) is 0 Å².